The lowest BCUT2D eigenvalue weighted by Crippen LogP contribution is -2.76. The highest BCUT2D eigenvalue weighted by Gasteiger charge is 2.88. The second kappa shape index (κ2) is 23.5. The fourth-order valence-electron chi connectivity index (χ4n) is 3.31. The van der Waals surface area contributed by atoms with Gasteiger partial charge in [-0.2, -0.15) is 0 Å². The second-order valence-corrected chi connectivity index (χ2v) is 38.5. The molecule has 0 rings (SSSR count). The molecule has 0 heterocycles. The molecule has 1 atom stereocenters. The summed E-state index contributed by atoms with van der Waals surface area (Å²) in [6.45, 7) is 0. The molecule has 0 aromatic carbocycles. The third-order valence-electron chi connectivity index (χ3n) is 7.02. The molecule has 1 unspecified atom stereocenters. The lowest BCUT2D eigenvalue weighted by molar-refractivity contribution is 0.390. The zero-order chi connectivity index (χ0) is 53.1. The molecule has 0 aliphatic rings. The van der Waals surface area contributed by atoms with Gasteiger partial charge in [0, 0.05) is 0 Å². The Labute approximate surface area is 560 Å². The quantitative estimate of drug-likeness (QED) is 0.124. The summed E-state index contributed by atoms with van der Waals surface area (Å²) < 4.78 is -41.9. The molecule has 44 heteroatoms. The van der Waals surface area contributed by atoms with Crippen molar-refractivity contribution in [1.29, 1.82) is 0 Å². The number of rotatable bonds is 16. The van der Waals surface area contributed by atoms with Crippen LogP contribution in [0.3, 0.4) is 0 Å². The summed E-state index contributed by atoms with van der Waals surface area (Å²) >= 11 is 251. The summed E-state index contributed by atoms with van der Waals surface area (Å²) in [5.41, 5.74) is 0. The fraction of sp³-hybridized carbons (Fsp3) is 1.00. The van der Waals surface area contributed by atoms with Crippen molar-refractivity contribution < 1.29 is 13.3 Å². The molecule has 0 aromatic rings. The third kappa shape index (κ3) is 12.5. The molecule has 0 amide bonds. The highest BCUT2D eigenvalue weighted by molar-refractivity contribution is 7.73. The van der Waals surface area contributed by atoms with Crippen LogP contribution in [0, 0.1) is 0 Å². The van der Waals surface area contributed by atoms with E-state index in [0.29, 0.717) is 0 Å². The van der Waals surface area contributed by atoms with Gasteiger partial charge in [0.15, 0.2) is 65.0 Å². The molecule has 0 aliphatic heterocycles. The summed E-state index contributed by atoms with van der Waals surface area (Å²) in [6.07, 6.45) is 0. The maximum Gasteiger partial charge on any atom is 0.226 e. The SMILES string of the molecule is ClC(Cl)(Cl)C(Cl)(Cl)C(Cl)(Cl)C(Cl)(Cl)C(Cl)(Cl)C(Cl)(Cl)C(Cl)(Cl)C(Cl)(Cl)C(Cl)(Cl)C(Cl)(Cl)C(Cl)(Cl)C(Cl)(Cl)C(Cl)(Cl)C(Cl)(Cl)C(Cl)(Cl)C(Cl)(Cl)C(Cl)(Cl)C(Cl)(Cl)C(Cl)(Cl)Cl.O=S([O-])O. The van der Waals surface area contributed by atoms with Crippen LogP contribution in [0.25, 0.3) is 0 Å². The molecule has 0 radical (unpaired) electrons. The van der Waals surface area contributed by atoms with Crippen LogP contribution in [0.4, 0.5) is 0 Å². The maximum absolute atomic E-state index is 8.56. The minimum Gasteiger partial charge on any atom is -0.750 e. The summed E-state index contributed by atoms with van der Waals surface area (Å²) in [5, 5.41) is 0. The standard InChI is InChI=1S/C19Cl40.H2O3S/c20-1(21,2(22,23)4(26,27)6(30,31)8(34,35)10(38,39)12(42,43)14(46,47)16(50,51)18(54,55)56)3(24,25)5(28,29)7(32,33)9(36,37)11(40,41)13(44,45)15(48,49)17(52,53)19(57,58)59;1-4(2)3/h;(H2,1,2,3)/p-1. The lowest BCUT2D eigenvalue weighted by Gasteiger charge is -2.59. The van der Waals surface area contributed by atoms with Crippen LogP contribution in [0.2, 0.25) is 0 Å². The van der Waals surface area contributed by atoms with E-state index in [9.17, 15) is 0 Å². The van der Waals surface area contributed by atoms with Crippen LogP contribution in [-0.4, -0.2) is 94.6 Å². The molecule has 0 saturated carbocycles. The van der Waals surface area contributed by atoms with E-state index < -0.39 is 92.6 Å². The van der Waals surface area contributed by atoms with E-state index >= 15 is 0 Å². The average Bonchev–Trinajstić information content (AvgIpc) is 3.01. The molecule has 3 nitrogen and oxygen atoms in total. The van der Waals surface area contributed by atoms with Gasteiger partial charge in [0.05, 0.1) is 11.4 Å². The van der Waals surface area contributed by atoms with Crippen molar-refractivity contribution in [2.75, 3.05) is 0 Å². The van der Waals surface area contributed by atoms with Crippen molar-refractivity contribution in [3.63, 3.8) is 0 Å². The molecule has 0 spiro atoms. The van der Waals surface area contributed by atoms with E-state index in [4.69, 9.17) is 477 Å². The highest BCUT2D eigenvalue weighted by atomic mass is 35.6. The van der Waals surface area contributed by atoms with E-state index in [1.54, 1.807) is 0 Å². The van der Waals surface area contributed by atoms with Gasteiger partial charge in [-0.15, -0.1) is 0 Å². The van der Waals surface area contributed by atoms with Crippen LogP contribution in [0.5, 0.6) is 0 Å². The Morgan fingerprint density at radius 1 is 0.206 bits per heavy atom. The maximum atomic E-state index is 8.56. The summed E-state index contributed by atoms with van der Waals surface area (Å²) in [7, 11) is 0. The molecule has 0 aromatic heterocycles. The Kier molecular flexibility index (Phi) is 28.6. The first-order valence-electron chi connectivity index (χ1n) is 12.6. The van der Waals surface area contributed by atoms with E-state index in [2.05, 4.69) is 0 Å². The van der Waals surface area contributed by atoms with Gasteiger partial charge in [0.2, 0.25) is 16.3 Å². The molecular weight excluding hydrogens is 1730 g/mol. The topological polar surface area (TPSA) is 60.4 Å². The minimum absolute atomic E-state index is 2.86. The Morgan fingerprint density at radius 2 is 0.254 bits per heavy atom. The zero-order valence-electron chi connectivity index (χ0n) is 26.3. The van der Waals surface area contributed by atoms with Crippen LogP contribution in [0.1, 0.15) is 0 Å². The predicted octanol–water partition coefficient (Wildman–Crippen LogP) is 23.0. The Bertz CT molecular complexity index is 1530. The number of hydrogen-bond donors (Lipinski definition) is 1. The molecule has 0 aliphatic carbocycles. The van der Waals surface area contributed by atoms with Gasteiger partial charge in [-0.25, -0.2) is 4.21 Å². The van der Waals surface area contributed by atoms with Gasteiger partial charge in [-0.3, -0.25) is 0 Å². The number of halogens is 40. The molecule has 0 bridgehead atoms. The number of alkyl halides is 40. The van der Waals surface area contributed by atoms with E-state index in [1.807, 2.05) is 0 Å². The van der Waals surface area contributed by atoms with Crippen LogP contribution < -0.4 is 0 Å². The molecule has 0 saturated heterocycles. The van der Waals surface area contributed by atoms with Crippen LogP contribution in [0.15, 0.2) is 0 Å². The first kappa shape index (κ1) is 76.7. The van der Waals surface area contributed by atoms with Crippen LogP contribution >= 0.6 is 464 Å². The molecule has 1 N–H and O–H groups in total. The summed E-state index contributed by atoms with van der Waals surface area (Å²) in [5.74, 6) is 0. The van der Waals surface area contributed by atoms with Crippen molar-refractivity contribution >= 4 is 475 Å². The molecular formula is C19HCl40O3S-. The number of hydrogen-bond acceptors (Lipinski definition) is 2. The predicted molar refractivity (Wildman–Crippen MR) is 298 cm³/mol. The van der Waals surface area contributed by atoms with E-state index in [1.165, 1.54) is 0 Å². The summed E-state index contributed by atoms with van der Waals surface area (Å²) in [6, 6.07) is 0. The van der Waals surface area contributed by atoms with Crippen molar-refractivity contribution in [3.8, 4) is 0 Å². The van der Waals surface area contributed by atoms with Crippen molar-refractivity contribution in [1.82, 2.24) is 0 Å². The highest BCUT2D eigenvalue weighted by Crippen LogP contribution is 2.79. The third-order valence-corrected chi connectivity index (χ3v) is 35.4. The van der Waals surface area contributed by atoms with Crippen molar-refractivity contribution in [2.24, 2.45) is 0 Å². The van der Waals surface area contributed by atoms with Crippen LogP contribution in [-0.2, 0) is 11.4 Å². The van der Waals surface area contributed by atoms with Gasteiger partial charge < -0.3 is 9.11 Å². The van der Waals surface area contributed by atoms with E-state index in [0.717, 1.165) is 0 Å². The van der Waals surface area contributed by atoms with Gasteiger partial charge in [-0.05, 0) is 0 Å². The Hall–Kier alpha value is 11.7. The van der Waals surface area contributed by atoms with Crippen molar-refractivity contribution in [2.45, 2.75) is 81.3 Å². The molecule has 63 heavy (non-hydrogen) atoms. The van der Waals surface area contributed by atoms with E-state index in [-0.39, 0.29) is 0 Å². The minimum atomic E-state index is -3.75. The first-order chi connectivity index (χ1) is 26.2. The zero-order valence-corrected chi connectivity index (χ0v) is 57.3. The van der Waals surface area contributed by atoms with Gasteiger partial charge in [0.1, 0.15) is 0 Å². The smallest absolute Gasteiger partial charge is 0.226 e. The monoisotopic (exact) mass is 1710 g/mol. The molecule has 382 valence electrons. The van der Waals surface area contributed by atoms with Gasteiger partial charge in [-0.1, -0.05) is 464 Å². The normalized spacial score (nSPS) is 17.4. The van der Waals surface area contributed by atoms with Crippen molar-refractivity contribution in [3.05, 3.63) is 0 Å². The lowest BCUT2D eigenvalue weighted by atomic mass is 9.96. The Morgan fingerprint density at radius 3 is 0.302 bits per heavy atom. The molecule has 0 fully saturated rings. The summed E-state index contributed by atoms with van der Waals surface area (Å²) in [4.78, 5) is 0. The fourth-order valence-corrected chi connectivity index (χ4v) is 16.7. The van der Waals surface area contributed by atoms with Gasteiger partial charge in [0.25, 0.3) is 0 Å². The largest absolute Gasteiger partial charge is 0.750 e. The average molecular weight is 1730 g/mol. The van der Waals surface area contributed by atoms with Gasteiger partial charge >= 0.3 is 0 Å². The second-order valence-electron chi connectivity index (χ2n) is 11.0. The Balaban J connectivity index is 0. The first-order valence-corrected chi connectivity index (χ1v) is 28.7.